The fourth-order valence-electron chi connectivity index (χ4n) is 3.46. The van der Waals surface area contributed by atoms with E-state index in [1.54, 1.807) is 6.20 Å². The third-order valence-electron chi connectivity index (χ3n) is 4.90. The number of ether oxygens (including phenoxy) is 2. The van der Waals surface area contributed by atoms with Crippen LogP contribution >= 0.6 is 0 Å². The van der Waals surface area contributed by atoms with Gasteiger partial charge in [-0.1, -0.05) is 18.2 Å². The maximum Gasteiger partial charge on any atom is 0.189 e. The number of para-hydroxylation sites is 1. The SMILES string of the molecule is NC(=NCc1cnc(N2CCOCC2)c(F)c1)NC1CCOc2ccccc21. The van der Waals surface area contributed by atoms with E-state index in [9.17, 15) is 4.39 Å². The maximum atomic E-state index is 14.4. The second-order valence-corrected chi connectivity index (χ2v) is 6.82. The average Bonchev–Trinajstić information content (AvgIpc) is 2.73. The zero-order valence-corrected chi connectivity index (χ0v) is 15.6. The Morgan fingerprint density at radius 3 is 2.93 bits per heavy atom. The number of hydrogen-bond acceptors (Lipinski definition) is 5. The van der Waals surface area contributed by atoms with E-state index in [0.717, 1.165) is 17.7 Å². The van der Waals surface area contributed by atoms with Gasteiger partial charge in [-0.2, -0.15) is 0 Å². The molecule has 1 fully saturated rings. The van der Waals surface area contributed by atoms with Crippen LogP contribution < -0.4 is 20.7 Å². The first-order valence-corrected chi connectivity index (χ1v) is 9.46. The van der Waals surface area contributed by atoms with Gasteiger partial charge in [0, 0.05) is 31.3 Å². The second kappa shape index (κ2) is 8.43. The van der Waals surface area contributed by atoms with Gasteiger partial charge in [-0.25, -0.2) is 14.4 Å². The Bertz CT molecular complexity index is 854. The van der Waals surface area contributed by atoms with Crippen LogP contribution in [0.5, 0.6) is 5.75 Å². The van der Waals surface area contributed by atoms with Crippen LogP contribution in [0.4, 0.5) is 10.2 Å². The minimum absolute atomic E-state index is 0.0484. The summed E-state index contributed by atoms with van der Waals surface area (Å²) in [6, 6.07) is 9.40. The number of guanidine groups is 1. The average molecular weight is 385 g/mol. The summed E-state index contributed by atoms with van der Waals surface area (Å²) in [7, 11) is 0. The fraction of sp³-hybridized carbons (Fsp3) is 0.400. The Labute approximate surface area is 163 Å². The predicted octanol–water partition coefficient (Wildman–Crippen LogP) is 1.99. The summed E-state index contributed by atoms with van der Waals surface area (Å²) >= 11 is 0. The number of nitrogens with one attached hydrogen (secondary N) is 1. The molecule has 2 aliphatic rings. The number of hydrogen-bond donors (Lipinski definition) is 2. The van der Waals surface area contributed by atoms with Crippen molar-refractivity contribution in [1.29, 1.82) is 0 Å². The van der Waals surface area contributed by atoms with E-state index in [4.69, 9.17) is 15.2 Å². The number of pyridine rings is 1. The Kier molecular flexibility index (Phi) is 5.57. The topological polar surface area (TPSA) is 85.0 Å². The standard InChI is InChI=1S/C20H24FN5O2/c21-16-11-14(12-23-19(16)26-6-9-27-10-7-26)13-24-20(22)25-17-5-8-28-18-4-2-1-3-15(17)18/h1-4,11-12,17H,5-10,13H2,(H3,22,24,25). The number of morpholine rings is 1. The van der Waals surface area contributed by atoms with E-state index in [-0.39, 0.29) is 18.4 Å². The molecule has 2 aliphatic heterocycles. The Morgan fingerprint density at radius 2 is 2.11 bits per heavy atom. The molecule has 1 aromatic heterocycles. The van der Waals surface area contributed by atoms with Gasteiger partial charge in [0.25, 0.3) is 0 Å². The van der Waals surface area contributed by atoms with Gasteiger partial charge in [-0.3, -0.25) is 0 Å². The summed E-state index contributed by atoms with van der Waals surface area (Å²) in [5.74, 6) is 1.20. The molecule has 1 atom stereocenters. The van der Waals surface area contributed by atoms with Gasteiger partial charge in [0.05, 0.1) is 32.4 Å². The molecule has 0 bridgehead atoms. The number of anilines is 1. The highest BCUT2D eigenvalue weighted by Crippen LogP contribution is 2.31. The van der Waals surface area contributed by atoms with Gasteiger partial charge < -0.3 is 25.4 Å². The molecular weight excluding hydrogens is 361 g/mol. The van der Waals surface area contributed by atoms with Gasteiger partial charge in [0.1, 0.15) is 5.75 Å². The number of nitrogens with two attached hydrogens (primary N) is 1. The first-order chi connectivity index (χ1) is 13.7. The predicted molar refractivity (Wildman–Crippen MR) is 105 cm³/mol. The monoisotopic (exact) mass is 385 g/mol. The van der Waals surface area contributed by atoms with Crippen LogP contribution in [0.2, 0.25) is 0 Å². The summed E-state index contributed by atoms with van der Waals surface area (Å²) in [6.07, 6.45) is 2.45. The lowest BCUT2D eigenvalue weighted by Crippen LogP contribution is -2.37. The van der Waals surface area contributed by atoms with E-state index in [1.807, 2.05) is 29.2 Å². The lowest BCUT2D eigenvalue weighted by atomic mass is 10.0. The van der Waals surface area contributed by atoms with E-state index in [2.05, 4.69) is 15.3 Å². The molecule has 0 spiro atoms. The molecule has 2 aromatic rings. The molecule has 1 aromatic carbocycles. The Hall–Kier alpha value is -2.87. The van der Waals surface area contributed by atoms with E-state index in [0.29, 0.717) is 50.3 Å². The Morgan fingerprint density at radius 1 is 1.29 bits per heavy atom. The quantitative estimate of drug-likeness (QED) is 0.619. The van der Waals surface area contributed by atoms with Crippen LogP contribution in [0.3, 0.4) is 0 Å². The van der Waals surface area contributed by atoms with Crippen molar-refractivity contribution in [2.24, 2.45) is 10.7 Å². The van der Waals surface area contributed by atoms with Gasteiger partial charge >= 0.3 is 0 Å². The first kappa shape index (κ1) is 18.5. The molecule has 0 radical (unpaired) electrons. The summed E-state index contributed by atoms with van der Waals surface area (Å²) in [5.41, 5.74) is 7.79. The molecule has 7 nitrogen and oxygen atoms in total. The minimum atomic E-state index is -0.348. The van der Waals surface area contributed by atoms with Crippen molar-refractivity contribution >= 4 is 11.8 Å². The van der Waals surface area contributed by atoms with E-state index < -0.39 is 0 Å². The van der Waals surface area contributed by atoms with Crippen LogP contribution in [-0.2, 0) is 11.3 Å². The van der Waals surface area contributed by atoms with Crippen LogP contribution in [-0.4, -0.2) is 43.9 Å². The van der Waals surface area contributed by atoms with Crippen molar-refractivity contribution in [1.82, 2.24) is 10.3 Å². The molecule has 3 heterocycles. The number of rotatable bonds is 4. The number of aliphatic imine (C=N–C) groups is 1. The smallest absolute Gasteiger partial charge is 0.189 e. The number of fused-ring (bicyclic) bond motifs is 1. The van der Waals surface area contributed by atoms with Gasteiger partial charge in [-0.05, 0) is 17.7 Å². The molecule has 4 rings (SSSR count). The highest BCUT2D eigenvalue weighted by Gasteiger charge is 2.21. The van der Waals surface area contributed by atoms with Gasteiger partial charge in [-0.15, -0.1) is 0 Å². The highest BCUT2D eigenvalue weighted by atomic mass is 19.1. The second-order valence-electron chi connectivity index (χ2n) is 6.82. The molecule has 3 N–H and O–H groups in total. The number of benzene rings is 1. The Balaban J connectivity index is 1.39. The van der Waals surface area contributed by atoms with Crippen LogP contribution in [0.25, 0.3) is 0 Å². The largest absolute Gasteiger partial charge is 0.493 e. The lowest BCUT2D eigenvalue weighted by molar-refractivity contribution is 0.122. The summed E-state index contributed by atoms with van der Waals surface area (Å²) < 4.78 is 25.4. The molecule has 1 unspecified atom stereocenters. The van der Waals surface area contributed by atoms with E-state index in [1.165, 1.54) is 6.07 Å². The third-order valence-corrected chi connectivity index (χ3v) is 4.90. The maximum absolute atomic E-state index is 14.4. The molecule has 1 saturated heterocycles. The van der Waals surface area contributed by atoms with Crippen LogP contribution in [0.1, 0.15) is 23.6 Å². The lowest BCUT2D eigenvalue weighted by Gasteiger charge is -2.28. The minimum Gasteiger partial charge on any atom is -0.493 e. The van der Waals surface area contributed by atoms with Crippen molar-refractivity contribution in [3.8, 4) is 5.75 Å². The normalized spacial score (nSPS) is 19.7. The molecule has 28 heavy (non-hydrogen) atoms. The van der Waals surface area contributed by atoms with Crippen LogP contribution in [0.15, 0.2) is 41.5 Å². The molecule has 0 saturated carbocycles. The van der Waals surface area contributed by atoms with Crippen molar-refractivity contribution in [3.63, 3.8) is 0 Å². The summed E-state index contributed by atoms with van der Waals surface area (Å²) in [5, 5.41) is 3.23. The number of aromatic nitrogens is 1. The van der Waals surface area contributed by atoms with Crippen molar-refractivity contribution in [2.45, 2.75) is 19.0 Å². The fourth-order valence-corrected chi connectivity index (χ4v) is 3.46. The number of halogens is 1. The van der Waals surface area contributed by atoms with Crippen molar-refractivity contribution in [2.75, 3.05) is 37.8 Å². The molecule has 0 aliphatic carbocycles. The molecule has 8 heteroatoms. The van der Waals surface area contributed by atoms with Crippen molar-refractivity contribution < 1.29 is 13.9 Å². The highest BCUT2D eigenvalue weighted by molar-refractivity contribution is 5.78. The molecular formula is C20H24FN5O2. The molecule has 148 valence electrons. The zero-order chi connectivity index (χ0) is 19.3. The van der Waals surface area contributed by atoms with Crippen LogP contribution in [0, 0.1) is 5.82 Å². The summed E-state index contributed by atoms with van der Waals surface area (Å²) in [6.45, 7) is 3.35. The zero-order valence-electron chi connectivity index (χ0n) is 15.6. The molecule has 0 amide bonds. The summed E-state index contributed by atoms with van der Waals surface area (Å²) in [4.78, 5) is 10.5. The number of nitrogens with zero attached hydrogens (tertiary/aromatic N) is 3. The van der Waals surface area contributed by atoms with E-state index >= 15 is 0 Å². The third kappa shape index (κ3) is 4.17. The van der Waals surface area contributed by atoms with Crippen molar-refractivity contribution in [3.05, 3.63) is 53.5 Å². The first-order valence-electron chi connectivity index (χ1n) is 9.46. The van der Waals surface area contributed by atoms with Gasteiger partial charge in [0.15, 0.2) is 17.6 Å². The van der Waals surface area contributed by atoms with Gasteiger partial charge in [0.2, 0.25) is 0 Å².